The molecular weight excluding hydrogens is 229 g/mol. The van der Waals surface area contributed by atoms with Gasteiger partial charge in [0.2, 0.25) is 0 Å². The molecule has 0 unspecified atom stereocenters. The second kappa shape index (κ2) is 6.00. The van der Waals surface area contributed by atoms with Crippen LogP contribution in [0.4, 0.5) is 0 Å². The van der Waals surface area contributed by atoms with E-state index in [9.17, 15) is 4.79 Å². The Labute approximate surface area is 121 Å². The molecule has 2 aromatic rings. The number of hydrogen-bond donors (Lipinski definition) is 1. The number of carboxylic acid groups (broad SMARTS) is 1. The second-order valence-corrected chi connectivity index (χ2v) is 3.45. The van der Waals surface area contributed by atoms with Gasteiger partial charge < -0.3 is 9.84 Å². The van der Waals surface area contributed by atoms with Crippen molar-refractivity contribution in [3.05, 3.63) is 36.7 Å². The third kappa shape index (κ3) is 3.19. The molecule has 84 valence electrons. The predicted octanol–water partition coefficient (Wildman–Crippen LogP) is 1.44. The first-order chi connectivity index (χ1) is 7.68. The summed E-state index contributed by atoms with van der Waals surface area (Å²) in [7, 11) is 0. The zero-order valence-corrected chi connectivity index (χ0v) is 8.75. The van der Waals surface area contributed by atoms with Gasteiger partial charge in [0.1, 0.15) is 5.75 Å². The molecule has 0 radical (unpaired) electrons. The first-order valence-electron chi connectivity index (χ1n) is 4.90. The van der Waals surface area contributed by atoms with Gasteiger partial charge in [-0.3, -0.25) is 4.98 Å². The minimum atomic E-state index is -0.981. The SMILES string of the molecule is C[C@H](Oc1cccc2cnccc12)C(=O)O.[NaH]. The second-order valence-electron chi connectivity index (χ2n) is 3.45. The number of aromatic nitrogens is 1. The monoisotopic (exact) mass is 241 g/mol. The van der Waals surface area contributed by atoms with E-state index in [1.807, 2.05) is 12.1 Å². The summed E-state index contributed by atoms with van der Waals surface area (Å²) in [5, 5.41) is 10.6. The van der Waals surface area contributed by atoms with Gasteiger partial charge in [0, 0.05) is 23.2 Å². The van der Waals surface area contributed by atoms with Crippen molar-refractivity contribution < 1.29 is 14.6 Å². The number of benzene rings is 1. The van der Waals surface area contributed by atoms with Gasteiger partial charge >= 0.3 is 35.5 Å². The number of hydrogen-bond acceptors (Lipinski definition) is 3. The molecule has 0 bridgehead atoms. The van der Waals surface area contributed by atoms with E-state index in [-0.39, 0.29) is 29.6 Å². The average Bonchev–Trinajstić information content (AvgIpc) is 2.29. The maximum absolute atomic E-state index is 10.7. The van der Waals surface area contributed by atoms with Crippen LogP contribution in [0.5, 0.6) is 5.75 Å². The van der Waals surface area contributed by atoms with Crippen LogP contribution < -0.4 is 4.74 Å². The van der Waals surface area contributed by atoms with Crippen molar-refractivity contribution in [2.45, 2.75) is 13.0 Å². The number of carboxylic acids is 1. The van der Waals surface area contributed by atoms with Crippen molar-refractivity contribution in [2.75, 3.05) is 0 Å². The predicted molar refractivity (Wildman–Crippen MR) is 66.6 cm³/mol. The fourth-order valence-electron chi connectivity index (χ4n) is 1.44. The van der Waals surface area contributed by atoms with E-state index < -0.39 is 12.1 Å². The van der Waals surface area contributed by atoms with E-state index in [0.29, 0.717) is 5.75 Å². The van der Waals surface area contributed by atoms with Crippen LogP contribution in [0.3, 0.4) is 0 Å². The molecule has 2 rings (SSSR count). The fraction of sp³-hybridized carbons (Fsp3) is 0.167. The molecule has 1 aromatic heterocycles. The topological polar surface area (TPSA) is 59.4 Å². The molecule has 1 atom stereocenters. The van der Waals surface area contributed by atoms with Gasteiger partial charge in [0.05, 0.1) is 0 Å². The van der Waals surface area contributed by atoms with Gasteiger partial charge in [-0.05, 0) is 19.1 Å². The van der Waals surface area contributed by atoms with E-state index in [2.05, 4.69) is 4.98 Å². The summed E-state index contributed by atoms with van der Waals surface area (Å²) in [6.45, 7) is 1.50. The van der Waals surface area contributed by atoms with Gasteiger partial charge in [-0.2, -0.15) is 0 Å². The Morgan fingerprint density at radius 2 is 2.18 bits per heavy atom. The fourth-order valence-corrected chi connectivity index (χ4v) is 1.44. The summed E-state index contributed by atoms with van der Waals surface area (Å²) in [5.74, 6) is -0.416. The molecule has 4 nitrogen and oxygen atoms in total. The van der Waals surface area contributed by atoms with Crippen molar-refractivity contribution in [2.24, 2.45) is 0 Å². The van der Waals surface area contributed by atoms with Crippen molar-refractivity contribution in [1.82, 2.24) is 4.98 Å². The average molecular weight is 241 g/mol. The molecule has 0 amide bonds. The Hall–Kier alpha value is -1.10. The van der Waals surface area contributed by atoms with Gasteiger partial charge in [0.25, 0.3) is 0 Å². The van der Waals surface area contributed by atoms with Gasteiger partial charge in [-0.1, -0.05) is 12.1 Å². The van der Waals surface area contributed by atoms with Crippen molar-refractivity contribution in [1.29, 1.82) is 0 Å². The molecule has 17 heavy (non-hydrogen) atoms. The van der Waals surface area contributed by atoms with Crippen LogP contribution in [0, 0.1) is 0 Å². The molecule has 1 aromatic carbocycles. The molecule has 5 heteroatoms. The summed E-state index contributed by atoms with van der Waals surface area (Å²) in [6.07, 6.45) is 2.51. The molecule has 0 aliphatic rings. The van der Waals surface area contributed by atoms with Crippen LogP contribution in [-0.2, 0) is 4.79 Å². The van der Waals surface area contributed by atoms with E-state index >= 15 is 0 Å². The maximum atomic E-state index is 10.7. The number of ether oxygens (including phenoxy) is 1. The Kier molecular flexibility index (Phi) is 4.93. The summed E-state index contributed by atoms with van der Waals surface area (Å²) < 4.78 is 5.36. The molecule has 0 fully saturated rings. The molecule has 0 spiro atoms. The van der Waals surface area contributed by atoms with Crippen LogP contribution in [-0.4, -0.2) is 51.7 Å². The van der Waals surface area contributed by atoms with Gasteiger partial charge in [0.15, 0.2) is 6.10 Å². The van der Waals surface area contributed by atoms with Gasteiger partial charge in [-0.25, -0.2) is 4.79 Å². The van der Waals surface area contributed by atoms with E-state index in [1.165, 1.54) is 6.92 Å². The minimum absolute atomic E-state index is 0. The molecule has 1 heterocycles. The van der Waals surface area contributed by atoms with Crippen LogP contribution >= 0.6 is 0 Å². The van der Waals surface area contributed by atoms with Crippen LogP contribution in [0.1, 0.15) is 6.92 Å². The van der Waals surface area contributed by atoms with Crippen LogP contribution in [0.25, 0.3) is 10.8 Å². The molecule has 0 saturated heterocycles. The number of pyridine rings is 1. The molecule has 0 aliphatic carbocycles. The third-order valence-electron chi connectivity index (χ3n) is 2.29. The Balaban J connectivity index is 0.00000144. The van der Waals surface area contributed by atoms with Crippen molar-refractivity contribution in [3.63, 3.8) is 0 Å². The summed E-state index contributed by atoms with van der Waals surface area (Å²) in [5.41, 5.74) is 0. The summed E-state index contributed by atoms with van der Waals surface area (Å²) >= 11 is 0. The standard InChI is InChI=1S/C12H11NO3.Na.H/c1-8(12(14)15)16-11-4-2-3-9-7-13-6-5-10(9)11;;/h2-8H,1H3,(H,14,15);;/t8-;;/m0../s1. The van der Waals surface area contributed by atoms with Crippen molar-refractivity contribution >= 4 is 46.3 Å². The third-order valence-corrected chi connectivity index (χ3v) is 2.29. The number of nitrogens with zero attached hydrogens (tertiary/aromatic N) is 1. The van der Waals surface area contributed by atoms with E-state index in [4.69, 9.17) is 9.84 Å². The van der Waals surface area contributed by atoms with E-state index in [0.717, 1.165) is 10.8 Å². The number of carbonyl (C=O) groups is 1. The Morgan fingerprint density at radius 1 is 1.41 bits per heavy atom. The molecule has 0 saturated carbocycles. The summed E-state index contributed by atoms with van der Waals surface area (Å²) in [6, 6.07) is 7.27. The first kappa shape index (κ1) is 14.0. The zero-order chi connectivity index (χ0) is 11.5. The molecule has 1 N–H and O–H groups in total. The van der Waals surface area contributed by atoms with Crippen LogP contribution in [0.2, 0.25) is 0 Å². The first-order valence-corrected chi connectivity index (χ1v) is 4.90. The number of aliphatic carboxylic acids is 1. The Bertz CT molecular complexity index is 525. The normalized spacial score (nSPS) is 11.6. The summed E-state index contributed by atoms with van der Waals surface area (Å²) in [4.78, 5) is 14.7. The van der Waals surface area contributed by atoms with Gasteiger partial charge in [-0.15, -0.1) is 0 Å². The number of rotatable bonds is 3. The zero-order valence-electron chi connectivity index (χ0n) is 8.75. The van der Waals surface area contributed by atoms with Crippen molar-refractivity contribution in [3.8, 4) is 5.75 Å². The molecule has 0 aliphatic heterocycles. The van der Waals surface area contributed by atoms with Crippen LogP contribution in [0.15, 0.2) is 36.7 Å². The van der Waals surface area contributed by atoms with E-state index in [1.54, 1.807) is 24.5 Å². The Morgan fingerprint density at radius 3 is 2.88 bits per heavy atom. The number of fused-ring (bicyclic) bond motifs is 1. The quantitative estimate of drug-likeness (QED) is 0.826. The molecular formula is C12H12NNaO3.